The molecule has 5 nitrogen and oxygen atoms in total. The Balaban J connectivity index is 1.66. The van der Waals surface area contributed by atoms with Gasteiger partial charge in [0.2, 0.25) is 0 Å². The molecule has 1 aromatic carbocycles. The summed E-state index contributed by atoms with van der Waals surface area (Å²) in [5.74, 6) is -0.309. The summed E-state index contributed by atoms with van der Waals surface area (Å²) in [4.78, 5) is 10.8. The van der Waals surface area contributed by atoms with Gasteiger partial charge in [0.15, 0.2) is 0 Å². The molecule has 0 aromatic heterocycles. The van der Waals surface area contributed by atoms with Crippen molar-refractivity contribution < 1.29 is 23.7 Å². The molecule has 0 bridgehead atoms. The number of rotatable bonds is 6. The highest BCUT2D eigenvalue weighted by atomic mass is 16.6. The zero-order valence-electron chi connectivity index (χ0n) is 11.6. The summed E-state index contributed by atoms with van der Waals surface area (Å²) in [5, 5.41) is 0. The minimum atomic E-state index is -0.309. The van der Waals surface area contributed by atoms with E-state index in [4.69, 9.17) is 18.9 Å². The third kappa shape index (κ3) is 5.28. The Labute approximate surface area is 118 Å². The van der Waals surface area contributed by atoms with E-state index in [1.807, 2.05) is 30.3 Å². The van der Waals surface area contributed by atoms with E-state index in [0.717, 1.165) is 5.56 Å². The van der Waals surface area contributed by atoms with Crippen LogP contribution in [0, 0.1) is 0 Å². The van der Waals surface area contributed by atoms with Crippen LogP contribution in [0.1, 0.15) is 12.5 Å². The summed E-state index contributed by atoms with van der Waals surface area (Å²) in [7, 11) is 0. The molecular weight excluding hydrogens is 260 g/mol. The molecule has 2 atom stereocenters. The lowest BCUT2D eigenvalue weighted by Gasteiger charge is -2.29. The zero-order valence-corrected chi connectivity index (χ0v) is 11.6. The van der Waals surface area contributed by atoms with E-state index in [1.54, 1.807) is 0 Å². The molecule has 0 saturated carbocycles. The Morgan fingerprint density at radius 1 is 1.20 bits per heavy atom. The van der Waals surface area contributed by atoms with Crippen molar-refractivity contribution in [1.82, 2.24) is 0 Å². The topological polar surface area (TPSA) is 54.0 Å². The van der Waals surface area contributed by atoms with Gasteiger partial charge in [0.05, 0.1) is 26.4 Å². The highest BCUT2D eigenvalue weighted by Crippen LogP contribution is 2.10. The van der Waals surface area contributed by atoms with Gasteiger partial charge in [0.1, 0.15) is 18.8 Å². The lowest BCUT2D eigenvalue weighted by atomic mass is 10.2. The number of benzene rings is 1. The number of carbonyl (C=O) groups excluding carboxylic acids is 1. The van der Waals surface area contributed by atoms with Gasteiger partial charge in [-0.25, -0.2) is 0 Å². The minimum Gasteiger partial charge on any atom is -0.463 e. The van der Waals surface area contributed by atoms with E-state index in [9.17, 15) is 4.79 Å². The standard InChI is InChI=1S/C15H20O5/c1-12(16)19-11-15-10-18-9-14(20-15)8-17-7-13-5-3-2-4-6-13/h2-6,14-15H,7-11H2,1H3/t14-,15+/m1/s1. The molecule has 1 aliphatic heterocycles. The summed E-state index contributed by atoms with van der Waals surface area (Å²) in [6.45, 7) is 3.57. The highest BCUT2D eigenvalue weighted by molar-refractivity contribution is 5.65. The van der Waals surface area contributed by atoms with Gasteiger partial charge in [-0.2, -0.15) is 0 Å². The van der Waals surface area contributed by atoms with Crippen molar-refractivity contribution in [3.63, 3.8) is 0 Å². The molecule has 0 amide bonds. The van der Waals surface area contributed by atoms with Crippen molar-refractivity contribution in [3.05, 3.63) is 35.9 Å². The molecular formula is C15H20O5. The van der Waals surface area contributed by atoms with Crippen molar-refractivity contribution in [2.75, 3.05) is 26.4 Å². The van der Waals surface area contributed by atoms with Crippen molar-refractivity contribution >= 4 is 5.97 Å². The lowest BCUT2D eigenvalue weighted by molar-refractivity contribution is -0.179. The Morgan fingerprint density at radius 2 is 1.90 bits per heavy atom. The van der Waals surface area contributed by atoms with Gasteiger partial charge in [0.25, 0.3) is 0 Å². The second-order valence-corrected chi connectivity index (χ2v) is 4.72. The van der Waals surface area contributed by atoms with Crippen LogP contribution in [0.4, 0.5) is 0 Å². The molecule has 20 heavy (non-hydrogen) atoms. The van der Waals surface area contributed by atoms with Gasteiger partial charge in [-0.3, -0.25) is 4.79 Å². The monoisotopic (exact) mass is 280 g/mol. The molecule has 0 aliphatic carbocycles. The van der Waals surface area contributed by atoms with Crippen molar-refractivity contribution in [1.29, 1.82) is 0 Å². The SMILES string of the molecule is CC(=O)OC[C@@H]1COC[C@@H](COCc2ccccc2)O1. The minimum absolute atomic E-state index is 0.118. The van der Waals surface area contributed by atoms with Crippen LogP contribution in [0.5, 0.6) is 0 Å². The molecule has 1 heterocycles. The van der Waals surface area contributed by atoms with E-state index in [1.165, 1.54) is 6.92 Å². The van der Waals surface area contributed by atoms with Crippen LogP contribution in [-0.2, 0) is 30.3 Å². The third-order valence-electron chi connectivity index (χ3n) is 2.88. The van der Waals surface area contributed by atoms with Crippen LogP contribution < -0.4 is 0 Å². The smallest absolute Gasteiger partial charge is 0.302 e. The molecule has 1 aromatic rings. The summed E-state index contributed by atoms with van der Waals surface area (Å²) < 4.78 is 21.7. The van der Waals surface area contributed by atoms with E-state index >= 15 is 0 Å². The second kappa shape index (κ2) is 7.99. The molecule has 0 spiro atoms. The van der Waals surface area contributed by atoms with Gasteiger partial charge >= 0.3 is 5.97 Å². The second-order valence-electron chi connectivity index (χ2n) is 4.72. The maximum absolute atomic E-state index is 10.8. The average Bonchev–Trinajstić information content (AvgIpc) is 2.47. The number of esters is 1. The fourth-order valence-electron chi connectivity index (χ4n) is 1.95. The zero-order chi connectivity index (χ0) is 14.2. The first-order valence-electron chi connectivity index (χ1n) is 6.72. The largest absolute Gasteiger partial charge is 0.463 e. The third-order valence-corrected chi connectivity index (χ3v) is 2.88. The van der Waals surface area contributed by atoms with Gasteiger partial charge in [-0.15, -0.1) is 0 Å². The number of carbonyl (C=O) groups is 1. The molecule has 0 unspecified atom stereocenters. The maximum atomic E-state index is 10.8. The summed E-state index contributed by atoms with van der Waals surface area (Å²) in [5.41, 5.74) is 1.13. The van der Waals surface area contributed by atoms with Crippen LogP contribution in [0.15, 0.2) is 30.3 Å². The molecule has 5 heteroatoms. The lowest BCUT2D eigenvalue weighted by Crippen LogP contribution is -2.41. The van der Waals surface area contributed by atoms with Crippen LogP contribution in [0.25, 0.3) is 0 Å². The number of ether oxygens (including phenoxy) is 4. The Kier molecular flexibility index (Phi) is 5.98. The first kappa shape index (κ1) is 15.0. The molecule has 1 saturated heterocycles. The van der Waals surface area contributed by atoms with E-state index in [-0.39, 0.29) is 24.8 Å². The number of hydrogen-bond donors (Lipinski definition) is 0. The van der Waals surface area contributed by atoms with Crippen molar-refractivity contribution in [2.24, 2.45) is 0 Å². The Bertz CT molecular complexity index is 406. The van der Waals surface area contributed by atoms with Crippen molar-refractivity contribution in [2.45, 2.75) is 25.7 Å². The predicted molar refractivity (Wildman–Crippen MR) is 72.2 cm³/mol. The molecule has 1 fully saturated rings. The first-order valence-corrected chi connectivity index (χ1v) is 6.72. The molecule has 0 radical (unpaired) electrons. The van der Waals surface area contributed by atoms with Crippen molar-refractivity contribution in [3.8, 4) is 0 Å². The Hall–Kier alpha value is -1.43. The summed E-state index contributed by atoms with van der Waals surface area (Å²) >= 11 is 0. The fourth-order valence-corrected chi connectivity index (χ4v) is 1.95. The molecule has 2 rings (SSSR count). The van der Waals surface area contributed by atoms with Crippen LogP contribution >= 0.6 is 0 Å². The van der Waals surface area contributed by atoms with Crippen LogP contribution in [0.3, 0.4) is 0 Å². The maximum Gasteiger partial charge on any atom is 0.302 e. The normalized spacial score (nSPS) is 22.4. The first-order chi connectivity index (χ1) is 9.74. The molecule has 1 aliphatic rings. The predicted octanol–water partition coefficient (Wildman–Crippen LogP) is 1.55. The van der Waals surface area contributed by atoms with E-state index < -0.39 is 0 Å². The fraction of sp³-hybridized carbons (Fsp3) is 0.533. The molecule has 110 valence electrons. The van der Waals surface area contributed by atoms with Gasteiger partial charge in [-0.1, -0.05) is 30.3 Å². The van der Waals surface area contributed by atoms with Gasteiger partial charge < -0.3 is 18.9 Å². The van der Waals surface area contributed by atoms with Crippen LogP contribution in [0.2, 0.25) is 0 Å². The summed E-state index contributed by atoms with van der Waals surface area (Å²) in [6.07, 6.45) is -0.328. The highest BCUT2D eigenvalue weighted by Gasteiger charge is 2.24. The van der Waals surface area contributed by atoms with Gasteiger partial charge in [-0.05, 0) is 5.56 Å². The van der Waals surface area contributed by atoms with Gasteiger partial charge in [0, 0.05) is 6.92 Å². The van der Waals surface area contributed by atoms with E-state index in [0.29, 0.717) is 26.4 Å². The van der Waals surface area contributed by atoms with Crippen LogP contribution in [-0.4, -0.2) is 44.6 Å². The molecule has 0 N–H and O–H groups in total. The average molecular weight is 280 g/mol. The number of hydrogen-bond acceptors (Lipinski definition) is 5. The Morgan fingerprint density at radius 3 is 2.60 bits per heavy atom. The quantitative estimate of drug-likeness (QED) is 0.740. The summed E-state index contributed by atoms with van der Waals surface area (Å²) in [6, 6.07) is 9.97. The van der Waals surface area contributed by atoms with E-state index in [2.05, 4.69) is 0 Å².